The largest absolute Gasteiger partial charge is 0.326 e. The molecule has 5 nitrogen and oxygen atoms in total. The lowest BCUT2D eigenvalue weighted by molar-refractivity contribution is 0.212. The monoisotopic (exact) mass is 272 g/mol. The smallest absolute Gasteiger partial charge is 0.321 e. The number of benzene rings is 1. The highest BCUT2D eigenvalue weighted by Crippen LogP contribution is 2.11. The quantitative estimate of drug-likeness (QED) is 0.886. The van der Waals surface area contributed by atoms with E-state index in [2.05, 4.69) is 16.7 Å². The molecule has 20 heavy (non-hydrogen) atoms. The van der Waals surface area contributed by atoms with Gasteiger partial charge < -0.3 is 15.5 Å². The second-order valence-corrected chi connectivity index (χ2v) is 5.15. The molecular formula is C15H20N4O. The first-order chi connectivity index (χ1) is 9.69. The molecule has 2 N–H and O–H groups in total. The highest BCUT2D eigenvalue weighted by molar-refractivity contribution is 5.89. The van der Waals surface area contributed by atoms with Crippen molar-refractivity contribution in [1.82, 2.24) is 10.2 Å². The van der Waals surface area contributed by atoms with E-state index in [0.717, 1.165) is 13.0 Å². The Hall–Kier alpha value is -2.06. The van der Waals surface area contributed by atoms with Crippen LogP contribution in [0.25, 0.3) is 0 Å². The van der Waals surface area contributed by atoms with Crippen molar-refractivity contribution in [2.45, 2.75) is 25.3 Å². The summed E-state index contributed by atoms with van der Waals surface area (Å²) in [6, 6.07) is 9.18. The van der Waals surface area contributed by atoms with Crippen molar-refractivity contribution in [2.24, 2.45) is 0 Å². The number of carbonyl (C=O) groups excluding carboxylic acids is 1. The predicted molar refractivity (Wildman–Crippen MR) is 78.4 cm³/mol. The van der Waals surface area contributed by atoms with Gasteiger partial charge in [-0.05, 0) is 43.7 Å². The molecule has 106 valence electrons. The highest BCUT2D eigenvalue weighted by atomic mass is 16.2. The zero-order valence-corrected chi connectivity index (χ0v) is 11.7. The maximum atomic E-state index is 12.1. The van der Waals surface area contributed by atoms with Gasteiger partial charge >= 0.3 is 6.03 Å². The van der Waals surface area contributed by atoms with Crippen LogP contribution in [0.5, 0.6) is 0 Å². The molecule has 2 amide bonds. The molecule has 1 fully saturated rings. The van der Waals surface area contributed by atoms with E-state index in [4.69, 9.17) is 5.26 Å². The van der Waals surface area contributed by atoms with Crippen molar-refractivity contribution in [1.29, 1.82) is 5.26 Å². The molecule has 0 bridgehead atoms. The number of urea groups is 1. The summed E-state index contributed by atoms with van der Waals surface area (Å²) in [7, 11) is 1.80. The summed E-state index contributed by atoms with van der Waals surface area (Å²) in [5.74, 6) is 0. The molecule has 0 spiro atoms. The Morgan fingerprint density at radius 2 is 2.20 bits per heavy atom. The van der Waals surface area contributed by atoms with Gasteiger partial charge in [-0.15, -0.1) is 0 Å². The molecule has 1 atom stereocenters. The number of nitriles is 1. The Morgan fingerprint density at radius 1 is 1.45 bits per heavy atom. The number of piperidine rings is 1. The van der Waals surface area contributed by atoms with Gasteiger partial charge in [-0.1, -0.05) is 6.42 Å². The van der Waals surface area contributed by atoms with Crippen molar-refractivity contribution in [3.05, 3.63) is 29.8 Å². The van der Waals surface area contributed by atoms with Gasteiger partial charge in [-0.25, -0.2) is 4.79 Å². The average molecular weight is 272 g/mol. The van der Waals surface area contributed by atoms with Gasteiger partial charge in [-0.2, -0.15) is 5.26 Å². The number of anilines is 1. The predicted octanol–water partition coefficient (Wildman–Crippen LogP) is 2.16. The summed E-state index contributed by atoms with van der Waals surface area (Å²) < 4.78 is 0. The summed E-state index contributed by atoms with van der Waals surface area (Å²) in [5.41, 5.74) is 1.29. The fourth-order valence-electron chi connectivity index (χ4n) is 2.34. The lowest BCUT2D eigenvalue weighted by Crippen LogP contribution is -2.45. The van der Waals surface area contributed by atoms with Gasteiger partial charge in [0, 0.05) is 25.3 Å². The highest BCUT2D eigenvalue weighted by Gasteiger charge is 2.17. The fraction of sp³-hybridized carbons (Fsp3) is 0.467. The van der Waals surface area contributed by atoms with Gasteiger partial charge in [0.1, 0.15) is 0 Å². The molecule has 0 radical (unpaired) electrons. The zero-order chi connectivity index (χ0) is 14.4. The van der Waals surface area contributed by atoms with E-state index >= 15 is 0 Å². The molecule has 1 unspecified atom stereocenters. The van der Waals surface area contributed by atoms with Crippen LogP contribution in [-0.4, -0.2) is 37.1 Å². The SMILES string of the molecule is CN(CC1CCCCN1)C(=O)Nc1ccc(C#N)cc1. The maximum absolute atomic E-state index is 12.1. The number of hydrogen-bond donors (Lipinski definition) is 2. The Bertz CT molecular complexity index is 486. The van der Waals surface area contributed by atoms with E-state index in [1.54, 1.807) is 36.2 Å². The number of carbonyl (C=O) groups is 1. The maximum Gasteiger partial charge on any atom is 0.321 e. The first-order valence-electron chi connectivity index (χ1n) is 6.94. The third-order valence-electron chi connectivity index (χ3n) is 3.52. The van der Waals surface area contributed by atoms with Gasteiger partial charge in [0.15, 0.2) is 0 Å². The van der Waals surface area contributed by atoms with E-state index in [1.165, 1.54) is 12.8 Å². The van der Waals surface area contributed by atoms with E-state index in [0.29, 0.717) is 23.8 Å². The molecule has 1 saturated heterocycles. The van der Waals surface area contributed by atoms with Crippen LogP contribution >= 0.6 is 0 Å². The first-order valence-corrected chi connectivity index (χ1v) is 6.94. The van der Waals surface area contributed by atoms with Crippen LogP contribution in [0.2, 0.25) is 0 Å². The molecule has 1 heterocycles. The topological polar surface area (TPSA) is 68.2 Å². The number of rotatable bonds is 3. The molecule has 0 aromatic heterocycles. The minimum absolute atomic E-state index is 0.123. The molecule has 1 aromatic carbocycles. The molecule has 2 rings (SSSR count). The standard InChI is InChI=1S/C15H20N4O/c1-19(11-14-4-2-3-9-17-14)15(20)18-13-7-5-12(10-16)6-8-13/h5-8,14,17H,2-4,9,11H2,1H3,(H,18,20). The Morgan fingerprint density at radius 3 is 2.80 bits per heavy atom. The van der Waals surface area contributed by atoms with Crippen LogP contribution in [0.15, 0.2) is 24.3 Å². The number of nitrogens with zero attached hydrogens (tertiary/aromatic N) is 2. The lowest BCUT2D eigenvalue weighted by atomic mass is 10.0. The number of nitrogens with one attached hydrogen (secondary N) is 2. The van der Waals surface area contributed by atoms with Gasteiger partial charge in [0.2, 0.25) is 0 Å². The van der Waals surface area contributed by atoms with Crippen molar-refractivity contribution in [3.8, 4) is 6.07 Å². The molecule has 1 aliphatic heterocycles. The van der Waals surface area contributed by atoms with Crippen molar-refractivity contribution >= 4 is 11.7 Å². The lowest BCUT2D eigenvalue weighted by Gasteiger charge is -2.28. The zero-order valence-electron chi connectivity index (χ0n) is 11.7. The van der Waals surface area contributed by atoms with Gasteiger partial charge in [0.25, 0.3) is 0 Å². The molecule has 1 aliphatic rings. The van der Waals surface area contributed by atoms with Crippen molar-refractivity contribution < 1.29 is 4.79 Å². The van der Waals surface area contributed by atoms with E-state index in [-0.39, 0.29) is 6.03 Å². The van der Waals surface area contributed by atoms with Crippen LogP contribution in [0.1, 0.15) is 24.8 Å². The molecule has 5 heteroatoms. The molecular weight excluding hydrogens is 252 g/mol. The normalized spacial score (nSPS) is 18.1. The van der Waals surface area contributed by atoms with Gasteiger partial charge in [-0.3, -0.25) is 0 Å². The number of amides is 2. The summed E-state index contributed by atoms with van der Waals surface area (Å²) in [6.45, 7) is 1.75. The number of hydrogen-bond acceptors (Lipinski definition) is 3. The first kappa shape index (κ1) is 14.4. The average Bonchev–Trinajstić information content (AvgIpc) is 2.49. The fourth-order valence-corrected chi connectivity index (χ4v) is 2.34. The van der Waals surface area contributed by atoms with Gasteiger partial charge in [0.05, 0.1) is 11.6 Å². The summed E-state index contributed by atoms with van der Waals surface area (Å²) in [6.07, 6.45) is 3.56. The Kier molecular flexibility index (Phi) is 4.97. The van der Waals surface area contributed by atoms with Crippen molar-refractivity contribution in [2.75, 3.05) is 25.5 Å². The van der Waals surface area contributed by atoms with Crippen LogP contribution in [0.4, 0.5) is 10.5 Å². The van der Waals surface area contributed by atoms with Crippen molar-refractivity contribution in [3.63, 3.8) is 0 Å². The Balaban J connectivity index is 1.85. The molecule has 1 aromatic rings. The third kappa shape index (κ3) is 3.97. The minimum Gasteiger partial charge on any atom is -0.326 e. The second kappa shape index (κ2) is 6.92. The van der Waals surface area contributed by atoms with Crippen LogP contribution in [0.3, 0.4) is 0 Å². The third-order valence-corrected chi connectivity index (χ3v) is 3.52. The van der Waals surface area contributed by atoms with Crippen LogP contribution in [0, 0.1) is 11.3 Å². The Labute approximate surface area is 119 Å². The minimum atomic E-state index is -0.123. The second-order valence-electron chi connectivity index (χ2n) is 5.15. The summed E-state index contributed by atoms with van der Waals surface area (Å²) in [5, 5.41) is 15.0. The summed E-state index contributed by atoms with van der Waals surface area (Å²) in [4.78, 5) is 13.8. The molecule has 0 aliphatic carbocycles. The van der Waals surface area contributed by atoms with Crippen LogP contribution < -0.4 is 10.6 Å². The van der Waals surface area contributed by atoms with E-state index in [9.17, 15) is 4.79 Å². The number of likely N-dealkylation sites (N-methyl/N-ethyl adjacent to an activating group) is 1. The van der Waals surface area contributed by atoms with Crippen LogP contribution in [-0.2, 0) is 0 Å². The van der Waals surface area contributed by atoms with E-state index < -0.39 is 0 Å². The molecule has 0 saturated carbocycles. The summed E-state index contributed by atoms with van der Waals surface area (Å²) >= 11 is 0. The van der Waals surface area contributed by atoms with E-state index in [1.807, 2.05) is 0 Å².